The number of ether oxygens (including phenoxy) is 1. The van der Waals surface area contributed by atoms with Crippen LogP contribution in [0.3, 0.4) is 0 Å². The molecule has 0 saturated heterocycles. The monoisotopic (exact) mass is 277 g/mol. The van der Waals surface area contributed by atoms with Crippen LogP contribution in [-0.4, -0.2) is 16.7 Å². The van der Waals surface area contributed by atoms with Crippen molar-refractivity contribution < 1.29 is 9.84 Å². The molecule has 1 unspecified atom stereocenters. The third-order valence-corrected chi connectivity index (χ3v) is 2.92. The Bertz CT molecular complexity index is 511. The van der Waals surface area contributed by atoms with Crippen molar-refractivity contribution in [3.8, 4) is 5.75 Å². The van der Waals surface area contributed by atoms with E-state index in [9.17, 15) is 5.11 Å². The van der Waals surface area contributed by atoms with E-state index in [1.54, 1.807) is 12.1 Å². The van der Waals surface area contributed by atoms with Crippen LogP contribution in [0.25, 0.3) is 0 Å². The lowest BCUT2D eigenvalue weighted by Crippen LogP contribution is -2.02. The largest absolute Gasteiger partial charge is 0.494 e. The number of pyridine rings is 1. The fourth-order valence-electron chi connectivity index (χ4n) is 1.69. The second-order valence-corrected chi connectivity index (χ2v) is 4.66. The Labute approximate surface area is 117 Å². The van der Waals surface area contributed by atoms with Crippen molar-refractivity contribution in [2.75, 3.05) is 6.61 Å². The third-order valence-electron chi connectivity index (χ3n) is 2.70. The zero-order valence-electron chi connectivity index (χ0n) is 10.7. The highest BCUT2D eigenvalue weighted by molar-refractivity contribution is 6.30. The minimum atomic E-state index is -0.752. The van der Waals surface area contributed by atoms with Gasteiger partial charge in [-0.15, -0.1) is 0 Å². The van der Waals surface area contributed by atoms with Gasteiger partial charge in [0, 0.05) is 6.20 Å². The average Bonchev–Trinajstić information content (AvgIpc) is 2.46. The number of benzene rings is 1. The molecule has 0 fully saturated rings. The number of hydrogen-bond donors (Lipinski definition) is 1. The highest BCUT2D eigenvalue weighted by atomic mass is 35.5. The fourth-order valence-corrected chi connectivity index (χ4v) is 1.80. The molecule has 2 aromatic rings. The van der Waals surface area contributed by atoms with E-state index in [2.05, 4.69) is 11.9 Å². The van der Waals surface area contributed by atoms with Crippen LogP contribution < -0.4 is 4.74 Å². The molecule has 0 aliphatic heterocycles. The van der Waals surface area contributed by atoms with Gasteiger partial charge >= 0.3 is 0 Å². The predicted octanol–water partition coefficient (Wildman–Crippen LogP) is 3.61. The summed E-state index contributed by atoms with van der Waals surface area (Å²) in [6, 6.07) is 10.8. The minimum absolute atomic E-state index is 0.555. The van der Waals surface area contributed by atoms with Gasteiger partial charge in [0.1, 0.15) is 11.9 Å². The Morgan fingerprint density at radius 3 is 2.53 bits per heavy atom. The van der Waals surface area contributed by atoms with E-state index in [0.29, 0.717) is 17.3 Å². The van der Waals surface area contributed by atoms with Crippen LogP contribution in [0.15, 0.2) is 42.6 Å². The molecule has 3 nitrogen and oxygen atoms in total. The molecule has 0 bridgehead atoms. The van der Waals surface area contributed by atoms with Gasteiger partial charge in [-0.3, -0.25) is 4.98 Å². The first-order valence-electron chi connectivity index (χ1n) is 6.23. The number of rotatable bonds is 5. The molecular weight excluding hydrogens is 262 g/mol. The number of hydrogen-bond acceptors (Lipinski definition) is 3. The van der Waals surface area contributed by atoms with Crippen LogP contribution in [0.2, 0.25) is 5.02 Å². The maximum absolute atomic E-state index is 10.2. The molecule has 19 heavy (non-hydrogen) atoms. The van der Waals surface area contributed by atoms with Gasteiger partial charge in [-0.1, -0.05) is 30.7 Å². The standard InChI is InChI=1S/C15H16ClNO2/c1-2-9-19-13-6-3-11(4-7-13)15(18)14-8-5-12(16)10-17-14/h3-8,10,15,18H,2,9H2,1H3. The molecule has 1 aromatic carbocycles. The zero-order valence-corrected chi connectivity index (χ0v) is 11.5. The lowest BCUT2D eigenvalue weighted by molar-refractivity contribution is 0.215. The molecule has 2 rings (SSSR count). The van der Waals surface area contributed by atoms with Crippen molar-refractivity contribution in [2.45, 2.75) is 19.4 Å². The normalized spacial score (nSPS) is 12.2. The first-order chi connectivity index (χ1) is 9.20. The highest BCUT2D eigenvalue weighted by Crippen LogP contribution is 2.23. The fraction of sp³-hybridized carbons (Fsp3) is 0.267. The van der Waals surface area contributed by atoms with E-state index >= 15 is 0 Å². The van der Waals surface area contributed by atoms with Crippen LogP contribution in [0, 0.1) is 0 Å². The van der Waals surface area contributed by atoms with E-state index in [-0.39, 0.29) is 0 Å². The summed E-state index contributed by atoms with van der Waals surface area (Å²) in [7, 11) is 0. The van der Waals surface area contributed by atoms with Crippen molar-refractivity contribution in [1.29, 1.82) is 0 Å². The molecule has 0 aliphatic carbocycles. The summed E-state index contributed by atoms with van der Waals surface area (Å²) >= 11 is 5.77. The number of aliphatic hydroxyl groups excluding tert-OH is 1. The second-order valence-electron chi connectivity index (χ2n) is 4.22. The first kappa shape index (κ1) is 13.8. The summed E-state index contributed by atoms with van der Waals surface area (Å²) < 4.78 is 5.50. The van der Waals surface area contributed by atoms with Gasteiger partial charge < -0.3 is 9.84 Å². The maximum Gasteiger partial charge on any atom is 0.121 e. The Kier molecular flexibility index (Phi) is 4.77. The molecular formula is C15H16ClNO2. The highest BCUT2D eigenvalue weighted by Gasteiger charge is 2.11. The summed E-state index contributed by atoms with van der Waals surface area (Å²) in [6.07, 6.45) is 1.75. The quantitative estimate of drug-likeness (QED) is 0.908. The number of halogens is 1. The molecule has 0 spiro atoms. The number of aromatic nitrogens is 1. The van der Waals surface area contributed by atoms with E-state index in [0.717, 1.165) is 17.7 Å². The number of aliphatic hydroxyl groups is 1. The van der Waals surface area contributed by atoms with Crippen molar-refractivity contribution in [3.05, 3.63) is 58.9 Å². The summed E-state index contributed by atoms with van der Waals surface area (Å²) in [5.41, 5.74) is 1.35. The second kappa shape index (κ2) is 6.55. The summed E-state index contributed by atoms with van der Waals surface area (Å²) in [5.74, 6) is 0.807. The molecule has 0 aliphatic rings. The molecule has 1 aromatic heterocycles. The molecule has 0 amide bonds. The summed E-state index contributed by atoms with van der Waals surface area (Å²) in [5, 5.41) is 10.8. The van der Waals surface area contributed by atoms with Crippen molar-refractivity contribution in [2.24, 2.45) is 0 Å². The Morgan fingerprint density at radius 1 is 1.21 bits per heavy atom. The molecule has 4 heteroatoms. The van der Waals surface area contributed by atoms with Gasteiger partial charge in [0.05, 0.1) is 17.3 Å². The van der Waals surface area contributed by atoms with E-state index in [1.165, 1.54) is 6.20 Å². The topological polar surface area (TPSA) is 42.4 Å². The molecule has 0 radical (unpaired) electrons. The van der Waals surface area contributed by atoms with Crippen molar-refractivity contribution in [3.63, 3.8) is 0 Å². The van der Waals surface area contributed by atoms with Crippen LogP contribution >= 0.6 is 11.6 Å². The first-order valence-corrected chi connectivity index (χ1v) is 6.60. The van der Waals surface area contributed by atoms with Gasteiger partial charge in [0.25, 0.3) is 0 Å². The third kappa shape index (κ3) is 3.69. The van der Waals surface area contributed by atoms with Crippen molar-refractivity contribution >= 4 is 11.6 Å². The average molecular weight is 278 g/mol. The lowest BCUT2D eigenvalue weighted by atomic mass is 10.1. The van der Waals surface area contributed by atoms with Crippen molar-refractivity contribution in [1.82, 2.24) is 4.98 Å². The smallest absolute Gasteiger partial charge is 0.121 e. The van der Waals surface area contributed by atoms with E-state index in [4.69, 9.17) is 16.3 Å². The van der Waals surface area contributed by atoms with Gasteiger partial charge in [0.2, 0.25) is 0 Å². The Balaban J connectivity index is 2.10. The van der Waals surface area contributed by atoms with Gasteiger partial charge in [-0.25, -0.2) is 0 Å². The van der Waals surface area contributed by atoms with E-state index < -0.39 is 6.10 Å². The molecule has 1 atom stereocenters. The van der Waals surface area contributed by atoms with Gasteiger partial charge in [-0.2, -0.15) is 0 Å². The lowest BCUT2D eigenvalue weighted by Gasteiger charge is -2.11. The van der Waals surface area contributed by atoms with Gasteiger partial charge in [-0.05, 0) is 36.2 Å². The molecule has 1 heterocycles. The number of nitrogens with zero attached hydrogens (tertiary/aromatic N) is 1. The van der Waals surface area contributed by atoms with Gasteiger partial charge in [0.15, 0.2) is 0 Å². The molecule has 0 saturated carbocycles. The Hall–Kier alpha value is -1.58. The predicted molar refractivity (Wildman–Crippen MR) is 75.5 cm³/mol. The minimum Gasteiger partial charge on any atom is -0.494 e. The van der Waals surface area contributed by atoms with Crippen LogP contribution in [0.5, 0.6) is 5.75 Å². The van der Waals surface area contributed by atoms with Crippen LogP contribution in [0.1, 0.15) is 30.7 Å². The molecule has 1 N–H and O–H groups in total. The van der Waals surface area contributed by atoms with Crippen LogP contribution in [-0.2, 0) is 0 Å². The van der Waals surface area contributed by atoms with E-state index in [1.807, 2.05) is 24.3 Å². The molecule has 100 valence electrons. The van der Waals surface area contributed by atoms with Crippen LogP contribution in [0.4, 0.5) is 0 Å². The maximum atomic E-state index is 10.2. The summed E-state index contributed by atoms with van der Waals surface area (Å²) in [4.78, 5) is 4.11. The SMILES string of the molecule is CCCOc1ccc(C(O)c2ccc(Cl)cn2)cc1. The summed E-state index contributed by atoms with van der Waals surface area (Å²) in [6.45, 7) is 2.75. The Morgan fingerprint density at radius 2 is 1.95 bits per heavy atom. The zero-order chi connectivity index (χ0) is 13.7.